The van der Waals surface area contributed by atoms with Gasteiger partial charge in [-0.25, -0.2) is 0 Å². The molecular weight excluding hydrogens is 260 g/mol. The van der Waals surface area contributed by atoms with Crippen molar-refractivity contribution in [1.29, 1.82) is 0 Å². The van der Waals surface area contributed by atoms with Crippen LogP contribution in [0, 0.1) is 0 Å². The Labute approximate surface area is 122 Å². The summed E-state index contributed by atoms with van der Waals surface area (Å²) < 4.78 is 0. The lowest BCUT2D eigenvalue weighted by atomic mass is 10.1. The van der Waals surface area contributed by atoms with Gasteiger partial charge in [-0.1, -0.05) is 43.2 Å². The molecule has 1 rings (SSSR count). The fraction of sp³-hybridized carbons (Fsp3) is 0.533. The largest absolute Gasteiger partial charge is 0.350 e. The quantitative estimate of drug-likeness (QED) is 0.720. The Morgan fingerprint density at radius 2 is 1.79 bits per heavy atom. The van der Waals surface area contributed by atoms with E-state index >= 15 is 0 Å². The highest BCUT2D eigenvalue weighted by Crippen LogP contribution is 2.11. The normalized spacial score (nSPS) is 11.5. The van der Waals surface area contributed by atoms with Gasteiger partial charge in [0.1, 0.15) is 0 Å². The molecule has 1 unspecified atom stereocenters. The molecule has 19 heavy (non-hydrogen) atoms. The Morgan fingerprint density at radius 3 is 2.42 bits per heavy atom. The van der Waals surface area contributed by atoms with Crippen LogP contribution in [0.5, 0.6) is 0 Å². The van der Waals surface area contributed by atoms with Crippen LogP contribution in [0.25, 0.3) is 0 Å². The van der Waals surface area contributed by atoms with E-state index in [4.69, 9.17) is 5.73 Å². The van der Waals surface area contributed by atoms with Crippen LogP contribution in [0.1, 0.15) is 50.6 Å². The summed E-state index contributed by atoms with van der Waals surface area (Å²) in [6.45, 7) is 2.76. The third-order valence-corrected chi connectivity index (χ3v) is 3.04. The van der Waals surface area contributed by atoms with Crippen LogP contribution in [-0.2, 0) is 4.79 Å². The highest BCUT2D eigenvalue weighted by atomic mass is 35.5. The SMILES string of the molecule is CC(NC(=O)CCCCCCN)c1ccccc1.Cl. The van der Waals surface area contributed by atoms with Gasteiger partial charge in [0.2, 0.25) is 5.91 Å². The molecule has 0 spiro atoms. The van der Waals surface area contributed by atoms with E-state index in [0.717, 1.165) is 37.8 Å². The molecular formula is C15H25ClN2O. The van der Waals surface area contributed by atoms with Gasteiger partial charge in [0.25, 0.3) is 0 Å². The van der Waals surface area contributed by atoms with Gasteiger partial charge in [0, 0.05) is 6.42 Å². The van der Waals surface area contributed by atoms with Crippen molar-refractivity contribution < 1.29 is 4.79 Å². The monoisotopic (exact) mass is 284 g/mol. The summed E-state index contributed by atoms with van der Waals surface area (Å²) >= 11 is 0. The van der Waals surface area contributed by atoms with Crippen molar-refractivity contribution in [3.63, 3.8) is 0 Å². The lowest BCUT2D eigenvalue weighted by Crippen LogP contribution is -2.26. The minimum Gasteiger partial charge on any atom is -0.350 e. The van der Waals surface area contributed by atoms with Crippen LogP contribution in [0.15, 0.2) is 30.3 Å². The van der Waals surface area contributed by atoms with Gasteiger partial charge in [-0.3, -0.25) is 4.79 Å². The maximum absolute atomic E-state index is 11.7. The van der Waals surface area contributed by atoms with E-state index in [-0.39, 0.29) is 24.4 Å². The summed E-state index contributed by atoms with van der Waals surface area (Å²) in [5, 5.41) is 3.02. The van der Waals surface area contributed by atoms with Gasteiger partial charge in [0.15, 0.2) is 0 Å². The second-order valence-corrected chi connectivity index (χ2v) is 4.65. The third-order valence-electron chi connectivity index (χ3n) is 3.04. The van der Waals surface area contributed by atoms with E-state index < -0.39 is 0 Å². The predicted molar refractivity (Wildman–Crippen MR) is 82.4 cm³/mol. The molecule has 1 aromatic rings. The van der Waals surface area contributed by atoms with Gasteiger partial charge >= 0.3 is 0 Å². The summed E-state index contributed by atoms with van der Waals surface area (Å²) in [5.74, 6) is 0.138. The number of carbonyl (C=O) groups is 1. The molecule has 0 fully saturated rings. The standard InChI is InChI=1S/C15H24N2O.ClH/c1-13(14-9-5-4-6-10-14)17-15(18)11-7-2-3-8-12-16;/h4-6,9-10,13H,2-3,7-8,11-12,16H2,1H3,(H,17,18);1H. The molecule has 0 aliphatic heterocycles. The Bertz CT molecular complexity index is 343. The zero-order valence-corrected chi connectivity index (χ0v) is 12.4. The van der Waals surface area contributed by atoms with Gasteiger partial charge in [0.05, 0.1) is 6.04 Å². The van der Waals surface area contributed by atoms with E-state index in [1.54, 1.807) is 0 Å². The van der Waals surface area contributed by atoms with Crippen LogP contribution in [0.4, 0.5) is 0 Å². The second kappa shape index (κ2) is 10.8. The first kappa shape index (κ1) is 17.9. The number of halogens is 1. The van der Waals surface area contributed by atoms with Gasteiger partial charge in [-0.05, 0) is 31.9 Å². The molecule has 1 amide bonds. The molecule has 3 nitrogen and oxygen atoms in total. The van der Waals surface area contributed by atoms with Gasteiger partial charge < -0.3 is 11.1 Å². The molecule has 0 aliphatic carbocycles. The zero-order chi connectivity index (χ0) is 13.2. The first-order chi connectivity index (χ1) is 8.74. The highest BCUT2D eigenvalue weighted by molar-refractivity contribution is 5.85. The van der Waals surface area contributed by atoms with Crippen molar-refractivity contribution in [2.75, 3.05) is 6.54 Å². The topological polar surface area (TPSA) is 55.1 Å². The van der Waals surface area contributed by atoms with E-state index in [9.17, 15) is 4.79 Å². The van der Waals surface area contributed by atoms with Crippen LogP contribution in [0.3, 0.4) is 0 Å². The molecule has 4 heteroatoms. The summed E-state index contributed by atoms with van der Waals surface area (Å²) in [4.78, 5) is 11.7. The minimum absolute atomic E-state index is 0. The van der Waals surface area contributed by atoms with Gasteiger partial charge in [-0.15, -0.1) is 12.4 Å². The number of hydrogen-bond acceptors (Lipinski definition) is 2. The molecule has 1 aromatic carbocycles. The third kappa shape index (κ3) is 7.85. The summed E-state index contributed by atoms with van der Waals surface area (Å²) in [5.41, 5.74) is 6.57. The molecule has 1 atom stereocenters. The zero-order valence-electron chi connectivity index (χ0n) is 11.6. The number of nitrogens with one attached hydrogen (secondary N) is 1. The number of nitrogens with two attached hydrogens (primary N) is 1. The molecule has 108 valence electrons. The van der Waals surface area contributed by atoms with E-state index in [2.05, 4.69) is 5.32 Å². The number of amides is 1. The van der Waals surface area contributed by atoms with Crippen molar-refractivity contribution in [2.45, 2.75) is 45.1 Å². The van der Waals surface area contributed by atoms with Crippen LogP contribution in [0.2, 0.25) is 0 Å². The number of benzene rings is 1. The Hall–Kier alpha value is -1.06. The molecule has 3 N–H and O–H groups in total. The Kier molecular flexibility index (Phi) is 10.2. The lowest BCUT2D eigenvalue weighted by Gasteiger charge is -2.14. The molecule has 0 bridgehead atoms. The first-order valence-corrected chi connectivity index (χ1v) is 6.78. The first-order valence-electron chi connectivity index (χ1n) is 6.78. The summed E-state index contributed by atoms with van der Waals surface area (Å²) in [7, 11) is 0. The number of carbonyl (C=O) groups excluding carboxylic acids is 1. The lowest BCUT2D eigenvalue weighted by molar-refractivity contribution is -0.121. The van der Waals surface area contributed by atoms with E-state index in [1.807, 2.05) is 37.3 Å². The predicted octanol–water partition coefficient (Wildman–Crippen LogP) is 3.19. The Balaban J connectivity index is 0.00000324. The fourth-order valence-corrected chi connectivity index (χ4v) is 1.92. The van der Waals surface area contributed by atoms with Crippen molar-refractivity contribution in [2.24, 2.45) is 5.73 Å². The smallest absolute Gasteiger partial charge is 0.220 e. The fourth-order valence-electron chi connectivity index (χ4n) is 1.92. The molecule has 0 saturated carbocycles. The average molecular weight is 285 g/mol. The number of unbranched alkanes of at least 4 members (excludes halogenated alkanes) is 3. The molecule has 0 radical (unpaired) electrons. The second-order valence-electron chi connectivity index (χ2n) is 4.65. The van der Waals surface area contributed by atoms with Gasteiger partial charge in [-0.2, -0.15) is 0 Å². The van der Waals surface area contributed by atoms with Crippen LogP contribution >= 0.6 is 12.4 Å². The van der Waals surface area contributed by atoms with E-state index in [0.29, 0.717) is 6.42 Å². The molecule has 0 saturated heterocycles. The minimum atomic E-state index is 0. The van der Waals surface area contributed by atoms with Crippen molar-refractivity contribution >= 4 is 18.3 Å². The number of hydrogen-bond donors (Lipinski definition) is 2. The van der Waals surface area contributed by atoms with Crippen LogP contribution < -0.4 is 11.1 Å². The molecule has 0 aliphatic rings. The molecule has 0 heterocycles. The summed E-state index contributed by atoms with van der Waals surface area (Å²) in [6, 6.07) is 10.1. The average Bonchev–Trinajstić information content (AvgIpc) is 2.39. The summed E-state index contributed by atoms with van der Waals surface area (Å²) in [6.07, 6.45) is 4.83. The maximum Gasteiger partial charge on any atom is 0.220 e. The maximum atomic E-state index is 11.7. The van der Waals surface area contributed by atoms with Crippen LogP contribution in [-0.4, -0.2) is 12.5 Å². The Morgan fingerprint density at radius 1 is 1.16 bits per heavy atom. The van der Waals surface area contributed by atoms with E-state index in [1.165, 1.54) is 0 Å². The highest BCUT2D eigenvalue weighted by Gasteiger charge is 2.08. The number of rotatable bonds is 8. The van der Waals surface area contributed by atoms with Crippen molar-refractivity contribution in [1.82, 2.24) is 5.32 Å². The van der Waals surface area contributed by atoms with Crippen molar-refractivity contribution in [3.05, 3.63) is 35.9 Å². The van der Waals surface area contributed by atoms with Crippen molar-refractivity contribution in [3.8, 4) is 0 Å². The molecule has 0 aromatic heterocycles.